The molecule has 2 aromatic rings. The van der Waals surface area contributed by atoms with E-state index >= 15 is 0 Å². The molecule has 31 heavy (non-hydrogen) atoms. The summed E-state index contributed by atoms with van der Waals surface area (Å²) in [7, 11) is 0. The van der Waals surface area contributed by atoms with Crippen LogP contribution in [0, 0.1) is 6.92 Å². The summed E-state index contributed by atoms with van der Waals surface area (Å²) in [6.07, 6.45) is 8.33. The number of carbonyl (C=O) groups excluding carboxylic acids is 1. The molecule has 1 atom stereocenters. The van der Waals surface area contributed by atoms with Crippen LogP contribution in [0.2, 0.25) is 0 Å². The van der Waals surface area contributed by atoms with Gasteiger partial charge < -0.3 is 0 Å². The van der Waals surface area contributed by atoms with Crippen molar-refractivity contribution in [1.82, 2.24) is 25.5 Å². The zero-order chi connectivity index (χ0) is 21.6. The predicted octanol–water partition coefficient (Wildman–Crippen LogP) is 0.687. The van der Waals surface area contributed by atoms with E-state index in [2.05, 4.69) is 42.0 Å². The van der Waals surface area contributed by atoms with Crippen molar-refractivity contribution >= 4 is 35.1 Å². The zero-order valence-corrected chi connectivity index (χ0v) is 20.7. The second-order valence-electron chi connectivity index (χ2n) is 7.42. The molecule has 8 nitrogen and oxygen atoms in total. The number of aromatic nitrogens is 4. The molecule has 166 valence electrons. The molecule has 1 amide bonds. The molecule has 2 aliphatic heterocycles. The van der Waals surface area contributed by atoms with Gasteiger partial charge >= 0.3 is 198 Å². The van der Waals surface area contributed by atoms with E-state index in [0.717, 1.165) is 41.1 Å². The van der Waals surface area contributed by atoms with Crippen molar-refractivity contribution in [3.63, 3.8) is 0 Å². The fourth-order valence-electron chi connectivity index (χ4n) is 3.31. The maximum atomic E-state index is 11.6. The minimum absolute atomic E-state index is 0.0979. The molecule has 0 bridgehead atoms. The number of rotatable bonds is 7. The van der Waals surface area contributed by atoms with E-state index < -0.39 is 0 Å². The van der Waals surface area contributed by atoms with E-state index in [-0.39, 0.29) is 31.2 Å². The van der Waals surface area contributed by atoms with E-state index in [1.165, 1.54) is 19.3 Å². The average molecular weight is 552 g/mol. The van der Waals surface area contributed by atoms with Gasteiger partial charge in [0.2, 0.25) is 0 Å². The Kier molecular flexibility index (Phi) is 7.49. The van der Waals surface area contributed by atoms with Crippen LogP contribution in [0.3, 0.4) is 0 Å². The van der Waals surface area contributed by atoms with Crippen molar-refractivity contribution < 1.29 is 26.0 Å². The van der Waals surface area contributed by atoms with Crippen molar-refractivity contribution in [2.24, 2.45) is 0 Å². The Morgan fingerprint density at radius 2 is 2.10 bits per heavy atom. The summed E-state index contributed by atoms with van der Waals surface area (Å²) in [5.74, 6) is 2.54. The summed E-state index contributed by atoms with van der Waals surface area (Å²) < 4.78 is 2.40. The number of alkyl halides is 1. The number of nitrogens with zero attached hydrogens (tertiary/aromatic N) is 4. The van der Waals surface area contributed by atoms with Crippen LogP contribution in [0.15, 0.2) is 38.4 Å². The molecule has 3 N–H and O–H groups in total. The van der Waals surface area contributed by atoms with Gasteiger partial charge in [0.25, 0.3) is 0 Å². The second-order valence-corrected chi connectivity index (χ2v) is 11.1. The standard InChI is InChI=1S/C21H27IN7OS/c1-3-20(30)23-16-8-7-15(13-22-16)31-21-25-17(24-18-11-14(2)27-28-18)12-19(26-21)29-9-5-4-6-10-29/h7-8,11-13,16H,3-6,9-10H2,1-2H3,(H,23,30)(H2,24,25,26,27,28)/q-1. The molecule has 10 heteroatoms. The molecule has 4 rings (SSSR count). The van der Waals surface area contributed by atoms with Crippen LogP contribution in [0.4, 0.5) is 17.5 Å². The molecule has 0 aromatic carbocycles. The van der Waals surface area contributed by atoms with Crippen LogP contribution in [0.5, 0.6) is 0 Å². The summed E-state index contributed by atoms with van der Waals surface area (Å²) in [4.78, 5) is 24.7. The Balaban J connectivity index is 1.51. The Morgan fingerprint density at radius 3 is 2.77 bits per heavy atom. The summed E-state index contributed by atoms with van der Waals surface area (Å²) >= 11 is 1.28. The van der Waals surface area contributed by atoms with E-state index in [4.69, 9.17) is 9.97 Å². The van der Waals surface area contributed by atoms with Crippen LogP contribution in [-0.2, 0) is 4.79 Å². The van der Waals surface area contributed by atoms with Gasteiger partial charge in [-0.15, -0.1) is 0 Å². The summed E-state index contributed by atoms with van der Waals surface area (Å²) in [5.41, 5.74) is 0.994. The first-order valence-corrected chi connectivity index (χ1v) is 13.8. The van der Waals surface area contributed by atoms with Gasteiger partial charge in [0, 0.05) is 0 Å². The monoisotopic (exact) mass is 552 g/mol. The summed E-state index contributed by atoms with van der Waals surface area (Å²) in [6.45, 7) is 5.89. The van der Waals surface area contributed by atoms with Gasteiger partial charge in [-0.3, -0.25) is 0 Å². The predicted molar refractivity (Wildman–Crippen MR) is 120 cm³/mol. The Labute approximate surface area is 197 Å². The molecule has 0 spiro atoms. The number of H-pyrrole nitrogens is 1. The number of thioether (sulfide) groups is 1. The number of hydrogen-bond donors (Lipinski definition) is 3. The molecule has 0 saturated carbocycles. The molecule has 2 aromatic heterocycles. The zero-order valence-electron chi connectivity index (χ0n) is 17.7. The van der Waals surface area contributed by atoms with Crippen molar-refractivity contribution in [1.29, 1.82) is 0 Å². The third kappa shape index (κ3) is 6.22. The molecule has 2 aliphatic rings. The number of nitrogens with one attached hydrogen (secondary N) is 3. The Hall–Kier alpha value is -2.08. The molecule has 0 aliphatic carbocycles. The van der Waals surface area contributed by atoms with Gasteiger partial charge in [-0.05, 0) is 0 Å². The number of aromatic amines is 1. The van der Waals surface area contributed by atoms with Crippen molar-refractivity contribution in [2.45, 2.75) is 48.7 Å². The van der Waals surface area contributed by atoms with Crippen molar-refractivity contribution in [3.8, 4) is 0 Å². The molecule has 0 radical (unpaired) electrons. The fourth-order valence-corrected chi connectivity index (χ4v) is 6.64. The number of halogens is 1. The third-order valence-electron chi connectivity index (χ3n) is 4.90. The van der Waals surface area contributed by atoms with Gasteiger partial charge in [0.15, 0.2) is 0 Å². The van der Waals surface area contributed by atoms with Crippen LogP contribution in [-0.4, -0.2) is 43.2 Å². The topological polar surface area (TPSA) is 98.8 Å². The Morgan fingerprint density at radius 1 is 1.26 bits per heavy atom. The minimum atomic E-state index is -0.293. The van der Waals surface area contributed by atoms with E-state index in [9.17, 15) is 4.79 Å². The molecular weight excluding hydrogens is 525 g/mol. The number of anilines is 3. The molecule has 1 saturated heterocycles. The Bertz CT molecular complexity index is 984. The van der Waals surface area contributed by atoms with Gasteiger partial charge in [-0.25, -0.2) is 0 Å². The second kappa shape index (κ2) is 10.5. The summed E-state index contributed by atoms with van der Waals surface area (Å²) in [5, 5.41) is 14.3. The van der Waals surface area contributed by atoms with Gasteiger partial charge in [-0.2, -0.15) is 0 Å². The quantitative estimate of drug-likeness (QED) is 0.201. The maximum absolute atomic E-state index is 11.6. The van der Waals surface area contributed by atoms with Crippen molar-refractivity contribution in [3.05, 3.63) is 39.0 Å². The van der Waals surface area contributed by atoms with Gasteiger partial charge in [-0.1, -0.05) is 0 Å². The van der Waals surface area contributed by atoms with E-state index in [0.29, 0.717) is 11.6 Å². The molecular formula is C21H27IN7OS-. The van der Waals surface area contributed by atoms with Gasteiger partial charge in [0.05, 0.1) is 0 Å². The fraction of sp³-hybridized carbons (Fsp3) is 0.429. The first-order chi connectivity index (χ1) is 15.1. The number of hydrogen-bond acceptors (Lipinski definition) is 7. The van der Waals surface area contributed by atoms with E-state index in [1.54, 1.807) is 11.8 Å². The van der Waals surface area contributed by atoms with E-state index in [1.807, 2.05) is 26.0 Å². The SMILES string of the molecule is CCC(=O)NC1C=CC(Sc2nc(Nc3cc(C)[nH]n3)cc(N3CCCCC3)n2)=C[I-]1. The average Bonchev–Trinajstić information content (AvgIpc) is 3.20. The van der Waals surface area contributed by atoms with Crippen LogP contribution in [0.25, 0.3) is 0 Å². The van der Waals surface area contributed by atoms with Crippen LogP contribution >= 0.6 is 11.8 Å². The summed E-state index contributed by atoms with van der Waals surface area (Å²) in [6, 6.07) is 3.96. The van der Waals surface area contributed by atoms with Crippen molar-refractivity contribution in [2.75, 3.05) is 23.3 Å². The third-order valence-corrected chi connectivity index (χ3v) is 8.71. The molecule has 1 fully saturated rings. The number of piperidine rings is 1. The number of carbonyl (C=O) groups is 1. The number of amides is 1. The first kappa shape index (κ1) is 22.1. The van der Waals surface area contributed by atoms with Gasteiger partial charge in [0.1, 0.15) is 0 Å². The normalized spacial score (nSPS) is 18.8. The molecule has 1 unspecified atom stereocenters. The molecule has 4 heterocycles. The number of aryl methyl sites for hydroxylation is 1. The van der Waals surface area contributed by atoms with Crippen LogP contribution in [0.1, 0.15) is 38.3 Å². The first-order valence-electron chi connectivity index (χ1n) is 10.5. The number of allylic oxidation sites excluding steroid dienone is 1. The van der Waals surface area contributed by atoms with Crippen LogP contribution < -0.4 is 36.7 Å².